The Bertz CT molecular complexity index is 950. The maximum Gasteiger partial charge on any atom is 0.229 e. The minimum atomic E-state index is -0.313. The van der Waals surface area contributed by atoms with E-state index in [2.05, 4.69) is 43.6 Å². The number of hydrogen-bond donors (Lipinski definition) is 4. The lowest BCUT2D eigenvalue weighted by atomic mass is 9.44. The highest BCUT2D eigenvalue weighted by Crippen LogP contribution is 2.71. The zero-order valence-electron chi connectivity index (χ0n) is 24.8. The van der Waals surface area contributed by atoms with Gasteiger partial charge in [0.2, 0.25) is 11.8 Å². The molecular formula is C32H53N3O4. The van der Waals surface area contributed by atoms with E-state index < -0.39 is 0 Å². The predicted octanol–water partition coefficient (Wildman–Crippen LogP) is 3.99. The molecule has 0 aromatic heterocycles. The summed E-state index contributed by atoms with van der Waals surface area (Å²) in [6, 6.07) is 0.175. The number of fused-ring (bicyclic) bond motifs is 7. The molecule has 7 heteroatoms. The largest absolute Gasteiger partial charge is 0.395 e. The van der Waals surface area contributed by atoms with E-state index in [1.54, 1.807) is 0 Å². The summed E-state index contributed by atoms with van der Waals surface area (Å²) in [5.74, 6) is 4.53. The molecule has 2 aliphatic heterocycles. The van der Waals surface area contributed by atoms with Crippen LogP contribution >= 0.6 is 0 Å². The molecular weight excluding hydrogens is 490 g/mol. The molecule has 0 aromatic carbocycles. The van der Waals surface area contributed by atoms with Crippen LogP contribution in [0.5, 0.6) is 0 Å². The Morgan fingerprint density at radius 2 is 1.74 bits per heavy atom. The van der Waals surface area contributed by atoms with Gasteiger partial charge in [0.05, 0.1) is 12.7 Å². The van der Waals surface area contributed by atoms with E-state index in [0.717, 1.165) is 43.1 Å². The van der Waals surface area contributed by atoms with Crippen molar-refractivity contribution in [1.29, 1.82) is 0 Å². The third-order valence-electron chi connectivity index (χ3n) is 13.3. The summed E-state index contributed by atoms with van der Waals surface area (Å²) >= 11 is 0. The fourth-order valence-electron chi connectivity index (χ4n) is 11.3. The van der Waals surface area contributed by atoms with Gasteiger partial charge in [0.15, 0.2) is 0 Å². The van der Waals surface area contributed by atoms with Crippen LogP contribution in [0.3, 0.4) is 0 Å². The normalized spacial score (nSPS) is 50.4. The highest BCUT2D eigenvalue weighted by Gasteiger charge is 2.68. The first-order valence-electron chi connectivity index (χ1n) is 16.2. The highest BCUT2D eigenvalue weighted by atomic mass is 16.5. The van der Waals surface area contributed by atoms with Crippen molar-refractivity contribution in [2.45, 2.75) is 116 Å². The Morgan fingerprint density at radius 1 is 0.949 bits per heavy atom. The number of nitrogens with one attached hydrogen (secondary N) is 3. The average molecular weight is 544 g/mol. The van der Waals surface area contributed by atoms with Gasteiger partial charge in [-0.2, -0.15) is 0 Å². The van der Waals surface area contributed by atoms with Gasteiger partial charge in [-0.25, -0.2) is 0 Å². The summed E-state index contributed by atoms with van der Waals surface area (Å²) in [7, 11) is 0. The molecule has 4 aliphatic carbocycles. The Kier molecular flexibility index (Phi) is 7.36. The molecule has 4 saturated carbocycles. The van der Waals surface area contributed by atoms with Crippen LogP contribution in [0.4, 0.5) is 0 Å². The first kappa shape index (κ1) is 28.0. The highest BCUT2D eigenvalue weighted by molar-refractivity contribution is 5.96. The Labute approximate surface area is 235 Å². The Balaban J connectivity index is 1.10. The quantitative estimate of drug-likeness (QED) is 0.393. The van der Waals surface area contributed by atoms with E-state index in [4.69, 9.17) is 9.84 Å². The van der Waals surface area contributed by atoms with Crippen LogP contribution in [-0.2, 0) is 14.3 Å². The zero-order chi connectivity index (χ0) is 27.6. The first-order valence-corrected chi connectivity index (χ1v) is 16.2. The van der Waals surface area contributed by atoms with Crippen LogP contribution in [0, 0.1) is 52.3 Å². The molecule has 6 aliphatic rings. The van der Waals surface area contributed by atoms with Gasteiger partial charge in [-0.05, 0) is 111 Å². The van der Waals surface area contributed by atoms with Crippen molar-refractivity contribution in [3.8, 4) is 0 Å². The molecule has 39 heavy (non-hydrogen) atoms. The number of hydrogen-bond acceptors (Lipinski definition) is 5. The van der Waals surface area contributed by atoms with Gasteiger partial charge < -0.3 is 20.5 Å². The van der Waals surface area contributed by atoms with Crippen LogP contribution in [0.2, 0.25) is 0 Å². The predicted molar refractivity (Wildman–Crippen MR) is 150 cm³/mol. The number of carbonyl (C=O) groups is 2. The van der Waals surface area contributed by atoms with Crippen LogP contribution in [0.25, 0.3) is 0 Å². The van der Waals surface area contributed by atoms with Crippen molar-refractivity contribution in [2.75, 3.05) is 19.7 Å². The van der Waals surface area contributed by atoms with E-state index >= 15 is 0 Å². The van der Waals surface area contributed by atoms with Gasteiger partial charge in [-0.3, -0.25) is 14.9 Å². The van der Waals surface area contributed by atoms with Crippen LogP contribution in [-0.4, -0.2) is 54.5 Å². The molecule has 7 nitrogen and oxygen atoms in total. The van der Waals surface area contributed by atoms with E-state index in [1.165, 1.54) is 51.4 Å². The lowest BCUT2D eigenvalue weighted by Gasteiger charge is -2.61. The van der Waals surface area contributed by atoms with Gasteiger partial charge in [-0.15, -0.1) is 0 Å². The molecule has 12 atom stereocenters. The van der Waals surface area contributed by atoms with Crippen molar-refractivity contribution in [3.05, 3.63) is 0 Å². The minimum absolute atomic E-state index is 0.0847. The number of ether oxygens (including phenoxy) is 1. The summed E-state index contributed by atoms with van der Waals surface area (Å²) in [6.45, 7) is 11.3. The molecule has 220 valence electrons. The summed E-state index contributed by atoms with van der Waals surface area (Å²) < 4.78 is 7.05. The van der Waals surface area contributed by atoms with Crippen LogP contribution in [0.1, 0.15) is 98.3 Å². The van der Waals surface area contributed by atoms with Gasteiger partial charge in [0.25, 0.3) is 0 Å². The molecule has 6 fully saturated rings. The number of aliphatic hydroxyl groups excluding tert-OH is 1. The second-order valence-electron chi connectivity index (χ2n) is 15.1. The third kappa shape index (κ3) is 4.57. The number of carbonyl (C=O) groups excluding carboxylic acids is 2. The molecule has 2 saturated heterocycles. The summed E-state index contributed by atoms with van der Waals surface area (Å²) in [6.07, 6.45) is 12.5. The van der Waals surface area contributed by atoms with E-state index in [0.29, 0.717) is 34.7 Å². The minimum Gasteiger partial charge on any atom is -0.395 e. The Morgan fingerprint density at radius 3 is 2.49 bits per heavy atom. The average Bonchev–Trinajstić information content (AvgIpc) is 3.34. The number of aliphatic hydroxyl groups is 1. The molecule has 0 bridgehead atoms. The molecule has 6 rings (SSSR count). The third-order valence-corrected chi connectivity index (χ3v) is 13.3. The van der Waals surface area contributed by atoms with Crippen LogP contribution in [0.15, 0.2) is 0 Å². The van der Waals surface area contributed by atoms with E-state index in [9.17, 15) is 9.59 Å². The lowest BCUT2D eigenvalue weighted by Crippen LogP contribution is -2.58. The Hall–Kier alpha value is -1.18. The van der Waals surface area contributed by atoms with Gasteiger partial charge >= 0.3 is 0 Å². The molecule has 2 heterocycles. The SMILES string of the molecule is C[C@@H]1CC[C@@]2(NC1)O[C@H]1C[C@H]3[C@@H]4CC[C@@H]5CC(NC(=O)CC(=O)NCCO)CC[C@]5(C)[C@H]4CC[C@]3(C)[C@H]1[C@@H]2C. The molecule has 1 spiro atoms. The second-order valence-corrected chi connectivity index (χ2v) is 15.1. The van der Waals surface area contributed by atoms with Crippen molar-refractivity contribution in [1.82, 2.24) is 16.0 Å². The van der Waals surface area contributed by atoms with Crippen LogP contribution < -0.4 is 16.0 Å². The standard InChI is InChI=1S/C32H53N3O4/c1-19-7-12-32(34-18-19)20(2)29-26(39-32)16-25-23-6-5-21-15-22(35-28(38)17-27(37)33-13-14-36)8-10-30(21,3)24(23)9-11-31(25,29)4/h19-26,29,34,36H,5-18H2,1-4H3,(H,33,37)(H,35,38)/t19-,20+,21-,22?,23-,24+,25+,26+,29+,30+,31+,32-/m1/s1. The number of amides is 2. The van der Waals surface area contributed by atoms with E-state index in [1.807, 2.05) is 0 Å². The summed E-state index contributed by atoms with van der Waals surface area (Å²) in [5, 5.41) is 18.5. The second kappa shape index (κ2) is 10.3. The lowest BCUT2D eigenvalue weighted by molar-refractivity contribution is -0.137. The topological polar surface area (TPSA) is 99.7 Å². The monoisotopic (exact) mass is 543 g/mol. The van der Waals surface area contributed by atoms with Crippen molar-refractivity contribution < 1.29 is 19.4 Å². The molecule has 0 aromatic rings. The maximum absolute atomic E-state index is 12.5. The van der Waals surface area contributed by atoms with Crippen molar-refractivity contribution in [3.63, 3.8) is 0 Å². The summed E-state index contributed by atoms with van der Waals surface area (Å²) in [5.41, 5.74) is 0.666. The summed E-state index contributed by atoms with van der Waals surface area (Å²) in [4.78, 5) is 24.4. The van der Waals surface area contributed by atoms with Gasteiger partial charge in [-0.1, -0.05) is 27.7 Å². The zero-order valence-corrected chi connectivity index (χ0v) is 24.8. The van der Waals surface area contributed by atoms with E-state index in [-0.39, 0.29) is 43.2 Å². The smallest absolute Gasteiger partial charge is 0.229 e. The van der Waals surface area contributed by atoms with Gasteiger partial charge in [0, 0.05) is 25.0 Å². The first-order chi connectivity index (χ1) is 18.6. The molecule has 4 N–H and O–H groups in total. The van der Waals surface area contributed by atoms with Crippen molar-refractivity contribution in [2.24, 2.45) is 52.3 Å². The molecule has 0 radical (unpaired) electrons. The molecule has 2 amide bonds. The van der Waals surface area contributed by atoms with Crippen molar-refractivity contribution >= 4 is 11.8 Å². The number of piperidine rings is 1. The fraction of sp³-hybridized carbons (Fsp3) is 0.938. The number of rotatable bonds is 5. The maximum atomic E-state index is 12.5. The van der Waals surface area contributed by atoms with Gasteiger partial charge in [0.1, 0.15) is 12.1 Å². The fourth-order valence-corrected chi connectivity index (χ4v) is 11.3. The molecule has 1 unspecified atom stereocenters.